The molecule has 2 saturated heterocycles. The molecule has 128 valence electrons. The molecule has 2 N–H and O–H groups in total. The first-order chi connectivity index (χ1) is 10.5. The molecule has 3 atom stereocenters. The number of carbonyl (C=O) groups excluding carboxylic acids is 1. The van der Waals surface area contributed by atoms with Crippen LogP contribution in [0, 0.1) is 11.8 Å². The van der Waals surface area contributed by atoms with Crippen LogP contribution < -0.4 is 5.32 Å². The van der Waals surface area contributed by atoms with Crippen molar-refractivity contribution < 1.29 is 9.90 Å². The lowest BCUT2D eigenvalue weighted by molar-refractivity contribution is 0.138. The van der Waals surface area contributed by atoms with Crippen molar-refractivity contribution in [2.24, 2.45) is 11.8 Å². The minimum Gasteiger partial charge on any atom is -0.393 e. The van der Waals surface area contributed by atoms with Gasteiger partial charge in [-0.25, -0.2) is 4.79 Å². The largest absolute Gasteiger partial charge is 0.393 e. The van der Waals surface area contributed by atoms with Gasteiger partial charge < -0.3 is 20.2 Å². The van der Waals surface area contributed by atoms with Crippen molar-refractivity contribution >= 4 is 6.03 Å². The van der Waals surface area contributed by atoms with Gasteiger partial charge in [0.1, 0.15) is 0 Å². The molecule has 2 fully saturated rings. The molecule has 0 radical (unpaired) electrons. The number of rotatable bonds is 6. The molecule has 2 aliphatic heterocycles. The topological polar surface area (TPSA) is 55.8 Å². The van der Waals surface area contributed by atoms with Gasteiger partial charge in [0.15, 0.2) is 0 Å². The second kappa shape index (κ2) is 8.16. The third kappa shape index (κ3) is 5.13. The van der Waals surface area contributed by atoms with Crippen molar-refractivity contribution in [3.05, 3.63) is 0 Å². The van der Waals surface area contributed by atoms with Crippen LogP contribution in [0.3, 0.4) is 0 Å². The van der Waals surface area contributed by atoms with E-state index in [9.17, 15) is 9.90 Å². The fraction of sp³-hybridized carbons (Fsp3) is 0.941. The van der Waals surface area contributed by atoms with Gasteiger partial charge in [-0.1, -0.05) is 13.8 Å². The van der Waals surface area contributed by atoms with Gasteiger partial charge in [-0.2, -0.15) is 0 Å². The van der Waals surface area contributed by atoms with Gasteiger partial charge in [-0.15, -0.1) is 0 Å². The van der Waals surface area contributed by atoms with Crippen LogP contribution in [0.4, 0.5) is 4.79 Å². The van der Waals surface area contributed by atoms with Gasteiger partial charge in [0.05, 0.1) is 6.10 Å². The molecule has 0 aliphatic carbocycles. The lowest BCUT2D eigenvalue weighted by Gasteiger charge is -2.26. The van der Waals surface area contributed by atoms with Crippen LogP contribution in [0.15, 0.2) is 0 Å². The quantitative estimate of drug-likeness (QED) is 0.788. The van der Waals surface area contributed by atoms with E-state index < -0.39 is 0 Å². The molecule has 0 aromatic carbocycles. The van der Waals surface area contributed by atoms with Crippen molar-refractivity contribution in [1.82, 2.24) is 15.1 Å². The van der Waals surface area contributed by atoms with Crippen molar-refractivity contribution in [3.8, 4) is 0 Å². The van der Waals surface area contributed by atoms with E-state index in [1.54, 1.807) is 6.92 Å². The number of hydrogen-bond acceptors (Lipinski definition) is 3. The van der Waals surface area contributed by atoms with Gasteiger partial charge >= 0.3 is 6.03 Å². The second-order valence-corrected chi connectivity index (χ2v) is 7.57. The van der Waals surface area contributed by atoms with Crippen LogP contribution >= 0.6 is 0 Å². The van der Waals surface area contributed by atoms with Crippen molar-refractivity contribution in [1.29, 1.82) is 0 Å². The standard InChI is InChI=1S/C17H33N3O2/c1-13(2)11-19-8-6-15(12-19)10-18-17(22)20-7-4-5-16(20)9-14(3)21/h13-16,21H,4-12H2,1-3H3,(H,18,22). The lowest BCUT2D eigenvalue weighted by atomic mass is 10.1. The van der Waals surface area contributed by atoms with Crippen molar-refractivity contribution in [3.63, 3.8) is 0 Å². The molecule has 3 unspecified atom stereocenters. The highest BCUT2D eigenvalue weighted by molar-refractivity contribution is 5.74. The van der Waals surface area contributed by atoms with E-state index in [1.807, 2.05) is 4.90 Å². The zero-order valence-electron chi connectivity index (χ0n) is 14.4. The summed E-state index contributed by atoms with van der Waals surface area (Å²) < 4.78 is 0. The Hall–Kier alpha value is -0.810. The van der Waals surface area contributed by atoms with E-state index in [1.165, 1.54) is 6.42 Å². The molecule has 5 heteroatoms. The molecule has 0 aromatic rings. The number of hydrogen-bond donors (Lipinski definition) is 2. The van der Waals surface area contributed by atoms with Crippen LogP contribution in [0.2, 0.25) is 0 Å². The smallest absolute Gasteiger partial charge is 0.317 e. The number of aliphatic hydroxyl groups is 1. The summed E-state index contributed by atoms with van der Waals surface area (Å²) in [4.78, 5) is 16.8. The average Bonchev–Trinajstić information content (AvgIpc) is 3.04. The van der Waals surface area contributed by atoms with Gasteiger partial charge in [0.2, 0.25) is 0 Å². The highest BCUT2D eigenvalue weighted by Crippen LogP contribution is 2.22. The number of urea groups is 1. The van der Waals surface area contributed by atoms with E-state index in [0.717, 1.165) is 45.6 Å². The molecule has 0 bridgehead atoms. The predicted molar refractivity (Wildman–Crippen MR) is 88.8 cm³/mol. The summed E-state index contributed by atoms with van der Waals surface area (Å²) in [5.74, 6) is 1.29. The summed E-state index contributed by atoms with van der Waals surface area (Å²) in [6.45, 7) is 11.3. The summed E-state index contributed by atoms with van der Waals surface area (Å²) in [6.07, 6.45) is 3.61. The maximum absolute atomic E-state index is 12.4. The zero-order chi connectivity index (χ0) is 16.1. The number of likely N-dealkylation sites (tertiary alicyclic amines) is 2. The summed E-state index contributed by atoms with van der Waals surface area (Å²) in [5.41, 5.74) is 0. The highest BCUT2D eigenvalue weighted by Gasteiger charge is 2.30. The third-order valence-corrected chi connectivity index (χ3v) is 4.79. The Kier molecular flexibility index (Phi) is 6.50. The fourth-order valence-corrected chi connectivity index (χ4v) is 3.84. The molecule has 2 amide bonds. The first kappa shape index (κ1) is 17.5. The van der Waals surface area contributed by atoms with Gasteiger partial charge in [0, 0.05) is 32.2 Å². The highest BCUT2D eigenvalue weighted by atomic mass is 16.3. The first-order valence-corrected chi connectivity index (χ1v) is 8.90. The van der Waals surface area contributed by atoms with E-state index in [0.29, 0.717) is 18.3 Å². The van der Waals surface area contributed by atoms with Crippen LogP contribution in [-0.2, 0) is 0 Å². The van der Waals surface area contributed by atoms with Crippen LogP contribution in [0.5, 0.6) is 0 Å². The Balaban J connectivity index is 1.71. The van der Waals surface area contributed by atoms with E-state index in [2.05, 4.69) is 24.1 Å². The van der Waals surface area contributed by atoms with E-state index in [4.69, 9.17) is 0 Å². The number of nitrogens with zero attached hydrogens (tertiary/aromatic N) is 2. The molecule has 5 nitrogen and oxygen atoms in total. The summed E-state index contributed by atoms with van der Waals surface area (Å²) in [7, 11) is 0. The Morgan fingerprint density at radius 1 is 1.27 bits per heavy atom. The van der Waals surface area contributed by atoms with E-state index in [-0.39, 0.29) is 18.2 Å². The minimum absolute atomic E-state index is 0.0606. The molecular weight excluding hydrogens is 278 g/mol. The lowest BCUT2D eigenvalue weighted by Crippen LogP contribution is -2.45. The Morgan fingerprint density at radius 3 is 2.73 bits per heavy atom. The molecule has 22 heavy (non-hydrogen) atoms. The molecular formula is C17H33N3O2. The molecule has 2 rings (SSSR count). The average molecular weight is 311 g/mol. The van der Waals surface area contributed by atoms with Gasteiger partial charge in [-0.3, -0.25) is 0 Å². The molecule has 0 aromatic heterocycles. The number of aliphatic hydroxyl groups excluding tert-OH is 1. The SMILES string of the molecule is CC(C)CN1CCC(CNC(=O)N2CCCC2CC(C)O)C1. The summed E-state index contributed by atoms with van der Waals surface area (Å²) in [5, 5.41) is 12.7. The normalized spacial score (nSPS) is 27.6. The minimum atomic E-state index is -0.335. The molecule has 2 heterocycles. The Labute approximate surface area is 135 Å². The molecule has 0 saturated carbocycles. The van der Waals surface area contributed by atoms with Crippen LogP contribution in [0.1, 0.15) is 46.5 Å². The zero-order valence-corrected chi connectivity index (χ0v) is 14.4. The number of amides is 2. The van der Waals surface area contributed by atoms with E-state index >= 15 is 0 Å². The summed E-state index contributed by atoms with van der Waals surface area (Å²) >= 11 is 0. The van der Waals surface area contributed by atoms with Crippen molar-refractivity contribution in [2.75, 3.05) is 32.7 Å². The maximum Gasteiger partial charge on any atom is 0.317 e. The number of carbonyl (C=O) groups is 1. The maximum atomic E-state index is 12.4. The monoisotopic (exact) mass is 311 g/mol. The number of nitrogens with one attached hydrogen (secondary N) is 1. The summed E-state index contributed by atoms with van der Waals surface area (Å²) in [6, 6.07) is 0.270. The van der Waals surface area contributed by atoms with Gasteiger partial charge in [0.25, 0.3) is 0 Å². The molecule has 0 spiro atoms. The fourth-order valence-electron chi connectivity index (χ4n) is 3.84. The predicted octanol–water partition coefficient (Wildman–Crippen LogP) is 1.91. The Bertz CT molecular complexity index is 360. The second-order valence-electron chi connectivity index (χ2n) is 7.57. The third-order valence-electron chi connectivity index (χ3n) is 4.79. The van der Waals surface area contributed by atoms with Crippen LogP contribution in [0.25, 0.3) is 0 Å². The molecule has 2 aliphatic rings. The van der Waals surface area contributed by atoms with Crippen molar-refractivity contribution in [2.45, 2.75) is 58.6 Å². The van der Waals surface area contributed by atoms with Gasteiger partial charge in [-0.05, 0) is 51.0 Å². The Morgan fingerprint density at radius 2 is 2.05 bits per heavy atom. The first-order valence-electron chi connectivity index (χ1n) is 8.90. The van der Waals surface area contributed by atoms with Crippen LogP contribution in [-0.4, -0.2) is 65.8 Å².